The summed E-state index contributed by atoms with van der Waals surface area (Å²) in [6.07, 6.45) is 0. The van der Waals surface area contributed by atoms with Gasteiger partial charge < -0.3 is 9.50 Å². The van der Waals surface area contributed by atoms with Crippen LogP contribution in [0.3, 0.4) is 0 Å². The second-order valence-corrected chi connectivity index (χ2v) is 6.67. The molecule has 118 valence electrons. The molecule has 9 heteroatoms. The predicted octanol–water partition coefficient (Wildman–Crippen LogP) is 2.42. The molecule has 3 rings (SSSR count). The van der Waals surface area contributed by atoms with E-state index in [4.69, 9.17) is 4.18 Å². The van der Waals surface area contributed by atoms with Crippen LogP contribution >= 0.6 is 11.7 Å². The maximum atomic E-state index is 12.4. The number of hydrogen-bond acceptors (Lipinski definition) is 7. The van der Waals surface area contributed by atoms with Crippen molar-refractivity contribution in [3.8, 4) is 5.75 Å². The van der Waals surface area contributed by atoms with E-state index in [1.54, 1.807) is 24.3 Å². The molecule has 3 aromatic rings. The molecule has 7 nitrogen and oxygen atoms in total. The first-order valence-electron chi connectivity index (χ1n) is 6.49. The van der Waals surface area contributed by atoms with E-state index in [0.717, 1.165) is 11.7 Å². The Morgan fingerprint density at radius 1 is 1.13 bits per heavy atom. The maximum Gasteiger partial charge on any atom is 0.341 e. The molecular weight excluding hydrogens is 338 g/mol. The van der Waals surface area contributed by atoms with Crippen molar-refractivity contribution in [1.29, 1.82) is 0 Å². The molecule has 0 atom stereocenters. The largest absolute Gasteiger partial charge is 0.379 e. The first kappa shape index (κ1) is 15.4. The zero-order valence-corrected chi connectivity index (χ0v) is 13.5. The van der Waals surface area contributed by atoms with Gasteiger partial charge in [-0.3, -0.25) is 4.79 Å². The maximum absolute atomic E-state index is 12.4. The third kappa shape index (κ3) is 3.30. The molecule has 0 spiro atoms. The molecule has 0 saturated carbocycles. The molecule has 1 amide bonds. The SMILES string of the molecule is CC(=O)Nc1ccc(OS(=O)(=O)c2cccc3nsnc23)cc1. The molecule has 0 aliphatic rings. The lowest BCUT2D eigenvalue weighted by Crippen LogP contribution is -2.10. The molecule has 0 aliphatic heterocycles. The molecular formula is C14H11N3O4S2. The lowest BCUT2D eigenvalue weighted by molar-refractivity contribution is -0.114. The Morgan fingerprint density at radius 2 is 1.87 bits per heavy atom. The average molecular weight is 349 g/mol. The third-order valence-corrected chi connectivity index (χ3v) is 4.72. The molecule has 0 fully saturated rings. The second kappa shape index (κ2) is 5.94. The number of hydrogen-bond donors (Lipinski definition) is 1. The number of benzene rings is 2. The van der Waals surface area contributed by atoms with Crippen LogP contribution in [0.25, 0.3) is 11.0 Å². The van der Waals surface area contributed by atoms with Crippen LogP contribution in [0.4, 0.5) is 5.69 Å². The van der Waals surface area contributed by atoms with Crippen molar-refractivity contribution in [1.82, 2.24) is 8.75 Å². The molecule has 23 heavy (non-hydrogen) atoms. The number of rotatable bonds is 4. The van der Waals surface area contributed by atoms with Gasteiger partial charge in [0.1, 0.15) is 21.7 Å². The first-order valence-corrected chi connectivity index (χ1v) is 8.63. The van der Waals surface area contributed by atoms with Gasteiger partial charge in [-0.1, -0.05) is 6.07 Å². The van der Waals surface area contributed by atoms with Crippen molar-refractivity contribution in [3.63, 3.8) is 0 Å². The fourth-order valence-electron chi connectivity index (χ4n) is 1.95. The van der Waals surface area contributed by atoms with E-state index >= 15 is 0 Å². The Kier molecular flexibility index (Phi) is 3.97. The van der Waals surface area contributed by atoms with Crippen LogP contribution in [0.2, 0.25) is 0 Å². The van der Waals surface area contributed by atoms with Gasteiger partial charge in [-0.05, 0) is 36.4 Å². The highest BCUT2D eigenvalue weighted by molar-refractivity contribution is 7.87. The smallest absolute Gasteiger partial charge is 0.341 e. The third-order valence-electron chi connectivity index (χ3n) is 2.90. The summed E-state index contributed by atoms with van der Waals surface area (Å²) in [6, 6.07) is 10.7. The van der Waals surface area contributed by atoms with Crippen LogP contribution in [0.1, 0.15) is 6.92 Å². The highest BCUT2D eigenvalue weighted by Crippen LogP contribution is 2.25. The van der Waals surface area contributed by atoms with Crippen molar-refractivity contribution in [2.45, 2.75) is 11.8 Å². The lowest BCUT2D eigenvalue weighted by atomic mass is 10.3. The van der Waals surface area contributed by atoms with Crippen LogP contribution in [-0.4, -0.2) is 23.1 Å². The topological polar surface area (TPSA) is 98.2 Å². The lowest BCUT2D eigenvalue weighted by Gasteiger charge is -2.08. The minimum Gasteiger partial charge on any atom is -0.379 e. The monoisotopic (exact) mass is 349 g/mol. The fraction of sp³-hybridized carbons (Fsp3) is 0.0714. The minimum atomic E-state index is -4.03. The molecule has 1 N–H and O–H groups in total. The van der Waals surface area contributed by atoms with Gasteiger partial charge in [0.25, 0.3) is 0 Å². The number of carbonyl (C=O) groups is 1. The highest BCUT2D eigenvalue weighted by Gasteiger charge is 2.21. The van der Waals surface area contributed by atoms with Gasteiger partial charge in [0.15, 0.2) is 0 Å². The Hall–Kier alpha value is -2.52. The van der Waals surface area contributed by atoms with Crippen LogP contribution in [0.5, 0.6) is 5.75 Å². The number of nitrogens with zero attached hydrogens (tertiary/aromatic N) is 2. The Morgan fingerprint density at radius 3 is 2.57 bits per heavy atom. The number of amides is 1. The van der Waals surface area contributed by atoms with Crippen LogP contribution in [0, 0.1) is 0 Å². The predicted molar refractivity (Wildman–Crippen MR) is 86.0 cm³/mol. The van der Waals surface area contributed by atoms with Gasteiger partial charge in [-0.25, -0.2) is 0 Å². The summed E-state index contributed by atoms with van der Waals surface area (Å²) < 4.78 is 38.0. The molecule has 0 bridgehead atoms. The molecule has 1 heterocycles. The Labute approximate surface area is 136 Å². The van der Waals surface area contributed by atoms with Gasteiger partial charge in [0.2, 0.25) is 5.91 Å². The molecule has 0 aliphatic carbocycles. The van der Waals surface area contributed by atoms with Crippen molar-refractivity contribution in [2.24, 2.45) is 0 Å². The van der Waals surface area contributed by atoms with Crippen molar-refractivity contribution in [2.75, 3.05) is 5.32 Å². The highest BCUT2D eigenvalue weighted by atomic mass is 32.2. The Bertz CT molecular complexity index is 965. The van der Waals surface area contributed by atoms with Gasteiger partial charge in [0.05, 0.1) is 11.7 Å². The summed E-state index contributed by atoms with van der Waals surface area (Å²) in [5, 5.41) is 2.59. The second-order valence-electron chi connectivity index (χ2n) is 4.63. The van der Waals surface area contributed by atoms with E-state index in [1.807, 2.05) is 0 Å². The van der Waals surface area contributed by atoms with E-state index in [9.17, 15) is 13.2 Å². The summed E-state index contributed by atoms with van der Waals surface area (Å²) in [6.45, 7) is 1.39. The molecule has 0 unspecified atom stereocenters. The molecule has 1 aromatic heterocycles. The zero-order chi connectivity index (χ0) is 16.4. The van der Waals surface area contributed by atoms with E-state index < -0.39 is 10.1 Å². The normalized spacial score (nSPS) is 11.3. The molecule has 0 radical (unpaired) electrons. The molecule has 2 aromatic carbocycles. The summed E-state index contributed by atoms with van der Waals surface area (Å²) in [5.41, 5.74) is 1.33. The van der Waals surface area contributed by atoms with E-state index in [0.29, 0.717) is 11.2 Å². The van der Waals surface area contributed by atoms with E-state index in [2.05, 4.69) is 14.1 Å². The number of aromatic nitrogens is 2. The quantitative estimate of drug-likeness (QED) is 0.726. The number of carbonyl (C=O) groups excluding carboxylic acids is 1. The van der Waals surface area contributed by atoms with Gasteiger partial charge >= 0.3 is 10.1 Å². The number of fused-ring (bicyclic) bond motifs is 1. The van der Waals surface area contributed by atoms with E-state index in [1.165, 1.54) is 25.1 Å². The number of anilines is 1. The summed E-state index contributed by atoms with van der Waals surface area (Å²) in [4.78, 5) is 10.9. The van der Waals surface area contributed by atoms with Crippen molar-refractivity contribution in [3.05, 3.63) is 42.5 Å². The van der Waals surface area contributed by atoms with Crippen LogP contribution < -0.4 is 9.50 Å². The van der Waals surface area contributed by atoms with Crippen LogP contribution in [0.15, 0.2) is 47.4 Å². The van der Waals surface area contributed by atoms with Gasteiger partial charge in [0, 0.05) is 12.6 Å². The summed E-state index contributed by atoms with van der Waals surface area (Å²) in [7, 11) is -4.03. The minimum absolute atomic E-state index is 0.0327. The van der Waals surface area contributed by atoms with Gasteiger partial charge in [-0.2, -0.15) is 17.2 Å². The average Bonchev–Trinajstić information content (AvgIpc) is 2.96. The van der Waals surface area contributed by atoms with Crippen molar-refractivity contribution >= 4 is 44.5 Å². The summed E-state index contributed by atoms with van der Waals surface area (Å²) in [5.74, 6) is -0.0757. The fourth-order valence-corrected chi connectivity index (χ4v) is 3.65. The van der Waals surface area contributed by atoms with E-state index in [-0.39, 0.29) is 22.1 Å². The van der Waals surface area contributed by atoms with Crippen LogP contribution in [-0.2, 0) is 14.9 Å². The van der Waals surface area contributed by atoms with Crippen molar-refractivity contribution < 1.29 is 17.4 Å². The summed E-state index contributed by atoms with van der Waals surface area (Å²) >= 11 is 0.937. The zero-order valence-electron chi connectivity index (χ0n) is 11.9. The van der Waals surface area contributed by atoms with Gasteiger partial charge in [-0.15, -0.1) is 0 Å². The first-order chi connectivity index (χ1) is 11.0. The molecule has 0 saturated heterocycles. The standard InChI is InChI=1S/C14H11N3O4S2/c1-9(18)15-10-5-7-11(8-6-10)21-23(19,20)13-4-2-3-12-14(13)17-22-16-12/h2-8H,1H3,(H,15,18). The number of nitrogens with one attached hydrogen (secondary N) is 1. The Balaban J connectivity index is 1.89.